The number of pyridine rings is 1. The molecule has 1 aliphatic rings. The molecule has 8 nitrogen and oxygen atoms in total. The first-order valence-corrected chi connectivity index (χ1v) is 9.69. The lowest BCUT2D eigenvalue weighted by atomic mass is 10.0. The summed E-state index contributed by atoms with van der Waals surface area (Å²) in [4.78, 5) is 19.5. The minimum atomic E-state index is -0.0455. The third kappa shape index (κ3) is 3.51. The zero-order valence-electron chi connectivity index (χ0n) is 16.7. The summed E-state index contributed by atoms with van der Waals surface area (Å²) in [6.07, 6.45) is 2.62. The van der Waals surface area contributed by atoms with E-state index in [2.05, 4.69) is 4.98 Å². The number of likely N-dealkylation sites (tertiary alicyclic amines) is 1. The molecule has 2 N–H and O–H groups in total. The van der Waals surface area contributed by atoms with Crippen molar-refractivity contribution in [3.8, 4) is 11.5 Å². The summed E-state index contributed by atoms with van der Waals surface area (Å²) in [7, 11) is 3.14. The van der Waals surface area contributed by atoms with Gasteiger partial charge in [0, 0.05) is 43.2 Å². The Hall–Kier alpha value is -3.13. The summed E-state index contributed by atoms with van der Waals surface area (Å²) in [6.45, 7) is 2.40. The molecular weight excluding hydrogens is 370 g/mol. The second-order valence-electron chi connectivity index (χ2n) is 7.07. The highest BCUT2D eigenvalue weighted by Crippen LogP contribution is 2.33. The van der Waals surface area contributed by atoms with Crippen LogP contribution in [0.4, 0.5) is 0 Å². The fraction of sp³-hybridized carbons (Fsp3) is 0.381. The number of ether oxygens (including phenoxy) is 2. The minimum absolute atomic E-state index is 0.0455. The molecule has 1 aliphatic heterocycles. The summed E-state index contributed by atoms with van der Waals surface area (Å²) in [5.41, 5.74) is 8.09. The van der Waals surface area contributed by atoms with Gasteiger partial charge in [0.05, 0.1) is 32.0 Å². The lowest BCUT2D eigenvalue weighted by molar-refractivity contribution is 0.0787. The quantitative estimate of drug-likeness (QED) is 0.686. The molecule has 4 rings (SSSR count). The lowest BCUT2D eigenvalue weighted by Gasteiger charge is -2.18. The maximum absolute atomic E-state index is 13.1. The van der Waals surface area contributed by atoms with Crippen LogP contribution < -0.4 is 15.2 Å². The molecule has 8 heteroatoms. The second kappa shape index (κ2) is 8.08. The van der Waals surface area contributed by atoms with Gasteiger partial charge in [0.1, 0.15) is 11.5 Å². The molecule has 29 heavy (non-hydrogen) atoms. The van der Waals surface area contributed by atoms with E-state index in [0.29, 0.717) is 43.2 Å². The Morgan fingerprint density at radius 2 is 2.14 bits per heavy atom. The number of hydrogen-bond acceptors (Lipinski definition) is 6. The summed E-state index contributed by atoms with van der Waals surface area (Å²) in [5, 5.41) is 5.81. The van der Waals surface area contributed by atoms with Gasteiger partial charge in [-0.05, 0) is 30.7 Å². The van der Waals surface area contributed by atoms with Crippen LogP contribution in [0, 0.1) is 0 Å². The van der Waals surface area contributed by atoms with Gasteiger partial charge in [-0.2, -0.15) is 5.10 Å². The van der Waals surface area contributed by atoms with Crippen molar-refractivity contribution in [2.75, 3.05) is 33.9 Å². The number of aromatic nitrogens is 3. The predicted molar refractivity (Wildman–Crippen MR) is 109 cm³/mol. The number of rotatable bonds is 6. The van der Waals surface area contributed by atoms with Gasteiger partial charge in [-0.25, -0.2) is 9.67 Å². The number of nitrogens with zero attached hydrogens (tertiary/aromatic N) is 4. The monoisotopic (exact) mass is 395 g/mol. The maximum atomic E-state index is 13.1. The Morgan fingerprint density at radius 1 is 1.28 bits per heavy atom. The fourth-order valence-corrected chi connectivity index (χ4v) is 3.93. The van der Waals surface area contributed by atoms with Gasteiger partial charge >= 0.3 is 0 Å². The molecule has 152 valence electrons. The van der Waals surface area contributed by atoms with E-state index >= 15 is 0 Å². The Balaban J connectivity index is 1.59. The third-order valence-electron chi connectivity index (χ3n) is 5.38. The molecule has 1 fully saturated rings. The van der Waals surface area contributed by atoms with Crippen molar-refractivity contribution in [2.45, 2.75) is 18.9 Å². The Labute approximate surface area is 169 Å². The molecule has 0 bridgehead atoms. The van der Waals surface area contributed by atoms with Crippen molar-refractivity contribution in [2.24, 2.45) is 5.73 Å². The molecule has 3 heterocycles. The molecule has 1 unspecified atom stereocenters. The van der Waals surface area contributed by atoms with Gasteiger partial charge in [-0.1, -0.05) is 0 Å². The smallest absolute Gasteiger partial charge is 0.257 e. The second-order valence-corrected chi connectivity index (χ2v) is 7.07. The zero-order valence-corrected chi connectivity index (χ0v) is 16.7. The summed E-state index contributed by atoms with van der Waals surface area (Å²) in [5.74, 6) is 1.28. The van der Waals surface area contributed by atoms with E-state index in [1.807, 2.05) is 21.7 Å². The first-order chi connectivity index (χ1) is 14.2. The van der Waals surface area contributed by atoms with Crippen LogP contribution in [0.5, 0.6) is 11.5 Å². The Bertz CT molecular complexity index is 1030. The van der Waals surface area contributed by atoms with Gasteiger partial charge in [0.15, 0.2) is 5.65 Å². The average molecular weight is 395 g/mol. The summed E-state index contributed by atoms with van der Waals surface area (Å²) < 4.78 is 12.5. The molecule has 3 aromatic rings. The standard InChI is InChI=1S/C21H25N5O3/c1-28-15-5-6-16(18(12-15)29-2)21(27)25-10-7-14(13-25)19-17-4-3-9-23-20(17)26(24-19)11-8-22/h3-6,9,12,14H,7-8,10-11,13,22H2,1-2H3. The van der Waals surface area contributed by atoms with Crippen LogP contribution in [0.3, 0.4) is 0 Å². The van der Waals surface area contributed by atoms with Crippen LogP contribution in [-0.4, -0.2) is 59.4 Å². The molecular formula is C21H25N5O3. The topological polar surface area (TPSA) is 95.5 Å². The molecule has 1 saturated heterocycles. The van der Waals surface area contributed by atoms with Gasteiger partial charge in [0.25, 0.3) is 5.91 Å². The number of amides is 1. The highest BCUT2D eigenvalue weighted by molar-refractivity contribution is 5.97. The van der Waals surface area contributed by atoms with E-state index in [-0.39, 0.29) is 11.8 Å². The predicted octanol–water partition coefficient (Wildman–Crippen LogP) is 2.04. The van der Waals surface area contributed by atoms with Gasteiger partial charge < -0.3 is 20.1 Å². The van der Waals surface area contributed by atoms with E-state index in [0.717, 1.165) is 23.1 Å². The summed E-state index contributed by atoms with van der Waals surface area (Å²) >= 11 is 0. The number of hydrogen-bond donors (Lipinski definition) is 1. The minimum Gasteiger partial charge on any atom is -0.497 e. The zero-order chi connectivity index (χ0) is 20.4. The van der Waals surface area contributed by atoms with Crippen LogP contribution >= 0.6 is 0 Å². The molecule has 2 aromatic heterocycles. The van der Waals surface area contributed by atoms with Crippen molar-refractivity contribution in [3.63, 3.8) is 0 Å². The van der Waals surface area contributed by atoms with E-state index in [9.17, 15) is 4.79 Å². The van der Waals surface area contributed by atoms with Gasteiger partial charge in [-0.3, -0.25) is 4.79 Å². The van der Waals surface area contributed by atoms with Crippen molar-refractivity contribution in [1.82, 2.24) is 19.7 Å². The van der Waals surface area contributed by atoms with Crippen molar-refractivity contribution >= 4 is 16.9 Å². The van der Waals surface area contributed by atoms with Crippen molar-refractivity contribution < 1.29 is 14.3 Å². The van der Waals surface area contributed by atoms with Gasteiger partial charge in [0.2, 0.25) is 0 Å². The number of carbonyl (C=O) groups excluding carboxylic acids is 1. The molecule has 1 atom stereocenters. The van der Waals surface area contributed by atoms with Crippen molar-refractivity contribution in [1.29, 1.82) is 0 Å². The molecule has 0 aliphatic carbocycles. The van der Waals surface area contributed by atoms with Crippen LogP contribution in [0.25, 0.3) is 11.0 Å². The molecule has 0 spiro atoms. The number of fused-ring (bicyclic) bond motifs is 1. The number of nitrogens with two attached hydrogens (primary N) is 1. The number of carbonyl (C=O) groups is 1. The van der Waals surface area contributed by atoms with Crippen molar-refractivity contribution in [3.05, 3.63) is 47.8 Å². The number of benzene rings is 1. The SMILES string of the molecule is COc1ccc(C(=O)N2CCC(c3nn(CCN)c4ncccc34)C2)c(OC)c1. The molecule has 0 saturated carbocycles. The van der Waals surface area contributed by atoms with Crippen LogP contribution in [0.2, 0.25) is 0 Å². The molecule has 0 radical (unpaired) electrons. The van der Waals surface area contributed by atoms with E-state index in [1.165, 1.54) is 0 Å². The van der Waals surface area contributed by atoms with Crippen LogP contribution in [0.1, 0.15) is 28.4 Å². The highest BCUT2D eigenvalue weighted by atomic mass is 16.5. The number of methoxy groups -OCH3 is 2. The third-order valence-corrected chi connectivity index (χ3v) is 5.38. The molecule has 1 amide bonds. The Morgan fingerprint density at radius 3 is 2.90 bits per heavy atom. The highest BCUT2D eigenvalue weighted by Gasteiger charge is 2.32. The van der Waals surface area contributed by atoms with Crippen LogP contribution in [0.15, 0.2) is 36.5 Å². The van der Waals surface area contributed by atoms with E-state index in [4.69, 9.17) is 20.3 Å². The first-order valence-electron chi connectivity index (χ1n) is 9.69. The lowest BCUT2D eigenvalue weighted by Crippen LogP contribution is -2.28. The van der Waals surface area contributed by atoms with Gasteiger partial charge in [-0.15, -0.1) is 0 Å². The Kier molecular flexibility index (Phi) is 5.35. The fourth-order valence-electron chi connectivity index (χ4n) is 3.93. The average Bonchev–Trinajstić information content (AvgIpc) is 3.38. The largest absolute Gasteiger partial charge is 0.497 e. The summed E-state index contributed by atoms with van der Waals surface area (Å²) in [6, 6.07) is 9.21. The normalized spacial score (nSPS) is 16.4. The van der Waals surface area contributed by atoms with Crippen LogP contribution in [-0.2, 0) is 6.54 Å². The molecule has 1 aromatic carbocycles. The van der Waals surface area contributed by atoms with E-state index in [1.54, 1.807) is 38.6 Å². The maximum Gasteiger partial charge on any atom is 0.257 e. The first kappa shape index (κ1) is 19.2. The van der Waals surface area contributed by atoms with E-state index < -0.39 is 0 Å².